The molecule has 0 aliphatic carbocycles. The van der Waals surface area contributed by atoms with Crippen molar-refractivity contribution < 1.29 is 18.0 Å². The fourth-order valence-corrected chi connectivity index (χ4v) is 2.59. The number of rotatable bonds is 2. The number of carbonyl (C=O) groups excluding carboxylic acids is 1. The first-order chi connectivity index (χ1) is 8.82. The van der Waals surface area contributed by atoms with E-state index < -0.39 is 11.9 Å². The van der Waals surface area contributed by atoms with Gasteiger partial charge in [0.25, 0.3) is 0 Å². The molecule has 2 rings (SSSR count). The van der Waals surface area contributed by atoms with Crippen molar-refractivity contribution in [2.24, 2.45) is 5.92 Å². The number of alkyl halides is 4. The van der Waals surface area contributed by atoms with E-state index in [0.717, 1.165) is 6.07 Å². The zero-order valence-corrected chi connectivity index (χ0v) is 11.9. The summed E-state index contributed by atoms with van der Waals surface area (Å²) in [5.41, 5.74) is -0.840. The summed E-state index contributed by atoms with van der Waals surface area (Å²) in [4.78, 5) is 16.5. The highest BCUT2D eigenvalue weighted by molar-refractivity contribution is 9.09. The average Bonchev–Trinajstić information content (AvgIpc) is 2.69. The Labute approximate surface area is 120 Å². The van der Waals surface area contributed by atoms with E-state index in [1.807, 2.05) is 0 Å². The van der Waals surface area contributed by atoms with Gasteiger partial charge in [0, 0.05) is 18.3 Å². The van der Waals surface area contributed by atoms with Gasteiger partial charge in [-0.2, -0.15) is 13.2 Å². The molecule has 0 radical (unpaired) electrons. The zero-order valence-electron chi connectivity index (χ0n) is 9.55. The van der Waals surface area contributed by atoms with Crippen molar-refractivity contribution in [3.63, 3.8) is 0 Å². The van der Waals surface area contributed by atoms with Gasteiger partial charge in [0.2, 0.25) is 5.91 Å². The van der Waals surface area contributed by atoms with E-state index in [1.54, 1.807) is 0 Å². The van der Waals surface area contributed by atoms with E-state index in [0.29, 0.717) is 18.3 Å². The number of hydrogen-bond acceptors (Lipinski definition) is 2. The quantitative estimate of drug-likeness (QED) is 0.599. The number of pyridine rings is 1. The molecule has 1 aromatic heterocycles. The Bertz CT molecular complexity index is 509. The first kappa shape index (κ1) is 14.6. The average molecular weight is 358 g/mol. The van der Waals surface area contributed by atoms with Crippen LogP contribution in [0.3, 0.4) is 0 Å². The molecule has 1 fully saturated rings. The smallest absolute Gasteiger partial charge is 0.309 e. The van der Waals surface area contributed by atoms with E-state index in [2.05, 4.69) is 20.9 Å². The van der Waals surface area contributed by atoms with Crippen molar-refractivity contribution in [3.8, 4) is 0 Å². The molecule has 8 heteroatoms. The van der Waals surface area contributed by atoms with E-state index in [4.69, 9.17) is 11.6 Å². The van der Waals surface area contributed by atoms with Crippen molar-refractivity contribution >= 4 is 39.1 Å². The number of nitrogens with zero attached hydrogens (tertiary/aromatic N) is 2. The van der Waals surface area contributed by atoms with Gasteiger partial charge in [0.1, 0.15) is 5.69 Å². The van der Waals surface area contributed by atoms with Gasteiger partial charge in [-0.25, -0.2) is 4.98 Å². The minimum absolute atomic E-state index is 0.130. The molecule has 19 heavy (non-hydrogen) atoms. The second-order valence-corrected chi connectivity index (χ2v) is 5.24. The van der Waals surface area contributed by atoms with Gasteiger partial charge in [-0.1, -0.05) is 27.5 Å². The zero-order chi connectivity index (χ0) is 14.2. The molecule has 0 spiro atoms. The van der Waals surface area contributed by atoms with Gasteiger partial charge in [-0.15, -0.1) is 0 Å². The van der Waals surface area contributed by atoms with Crippen molar-refractivity contribution in [2.45, 2.75) is 12.6 Å². The summed E-state index contributed by atoms with van der Waals surface area (Å²) in [6.45, 7) is 0.427. The molecule has 0 aromatic carbocycles. The normalized spacial score (nSPS) is 20.2. The van der Waals surface area contributed by atoms with Gasteiger partial charge >= 0.3 is 6.18 Å². The summed E-state index contributed by atoms with van der Waals surface area (Å²) in [6, 6.07) is 2.02. The number of halogens is 5. The van der Waals surface area contributed by atoms with Crippen LogP contribution in [0.15, 0.2) is 12.1 Å². The Morgan fingerprint density at radius 2 is 2.16 bits per heavy atom. The monoisotopic (exact) mass is 356 g/mol. The van der Waals surface area contributed by atoms with Crippen LogP contribution in [0.2, 0.25) is 5.15 Å². The lowest BCUT2D eigenvalue weighted by molar-refractivity contribution is -0.141. The molecule has 0 bridgehead atoms. The summed E-state index contributed by atoms with van der Waals surface area (Å²) >= 11 is 9.04. The Morgan fingerprint density at radius 1 is 1.47 bits per heavy atom. The first-order valence-electron chi connectivity index (χ1n) is 5.43. The molecule has 3 nitrogen and oxygen atoms in total. The second-order valence-electron chi connectivity index (χ2n) is 4.23. The topological polar surface area (TPSA) is 33.2 Å². The van der Waals surface area contributed by atoms with Crippen LogP contribution >= 0.6 is 27.5 Å². The molecule has 1 saturated heterocycles. The molecule has 2 heterocycles. The van der Waals surface area contributed by atoms with Crippen LogP contribution in [0, 0.1) is 5.92 Å². The fourth-order valence-electron chi connectivity index (χ4n) is 1.90. The molecular weight excluding hydrogens is 348 g/mol. The third kappa shape index (κ3) is 3.02. The van der Waals surface area contributed by atoms with Crippen LogP contribution in [0.5, 0.6) is 0 Å². The number of carbonyl (C=O) groups is 1. The predicted octanol–water partition coefficient (Wildman–Crippen LogP) is 3.50. The molecule has 1 aliphatic heterocycles. The standard InChI is InChI=1S/C11H9BrClF3N2O/c12-4-6-3-9(19)18(5-6)7-1-2-8(11(14,15)16)17-10(7)13/h1-2,6H,3-5H2. The van der Waals surface area contributed by atoms with Crippen LogP contribution in [0.1, 0.15) is 12.1 Å². The van der Waals surface area contributed by atoms with Crippen LogP contribution in [0.4, 0.5) is 18.9 Å². The predicted molar refractivity (Wildman–Crippen MR) is 68.5 cm³/mol. The minimum Gasteiger partial charge on any atom is -0.309 e. The van der Waals surface area contributed by atoms with Crippen LogP contribution in [-0.2, 0) is 11.0 Å². The maximum absolute atomic E-state index is 12.5. The Hall–Kier alpha value is -0.820. The molecular formula is C11H9BrClF3N2O. The molecule has 1 unspecified atom stereocenters. The highest BCUT2D eigenvalue weighted by Gasteiger charge is 2.35. The van der Waals surface area contributed by atoms with Gasteiger partial charge in [0.05, 0.1) is 5.69 Å². The lowest BCUT2D eigenvalue weighted by atomic mass is 10.2. The Morgan fingerprint density at radius 3 is 2.63 bits per heavy atom. The minimum atomic E-state index is -4.55. The lowest BCUT2D eigenvalue weighted by Crippen LogP contribution is -2.25. The molecule has 0 N–H and O–H groups in total. The van der Waals surface area contributed by atoms with Gasteiger partial charge in [-0.3, -0.25) is 4.79 Å². The van der Waals surface area contributed by atoms with Crippen LogP contribution in [-0.4, -0.2) is 22.8 Å². The Kier molecular flexibility index (Phi) is 4.06. The van der Waals surface area contributed by atoms with Crippen molar-refractivity contribution in [1.29, 1.82) is 0 Å². The number of anilines is 1. The lowest BCUT2D eigenvalue weighted by Gasteiger charge is -2.18. The molecule has 104 valence electrons. The summed E-state index contributed by atoms with van der Waals surface area (Å²) in [5.74, 6) is -0.0289. The van der Waals surface area contributed by atoms with Gasteiger partial charge in [-0.05, 0) is 18.1 Å². The molecule has 1 aliphatic rings. The maximum Gasteiger partial charge on any atom is 0.433 e. The van der Waals surface area contributed by atoms with E-state index >= 15 is 0 Å². The van der Waals surface area contributed by atoms with E-state index in [-0.39, 0.29) is 22.7 Å². The van der Waals surface area contributed by atoms with E-state index in [9.17, 15) is 18.0 Å². The third-order valence-electron chi connectivity index (χ3n) is 2.83. The summed E-state index contributed by atoms with van der Waals surface area (Å²) < 4.78 is 37.4. The highest BCUT2D eigenvalue weighted by atomic mass is 79.9. The molecule has 1 aromatic rings. The first-order valence-corrected chi connectivity index (χ1v) is 6.93. The van der Waals surface area contributed by atoms with Crippen molar-refractivity contribution in [1.82, 2.24) is 4.98 Å². The van der Waals surface area contributed by atoms with E-state index in [1.165, 1.54) is 11.0 Å². The number of hydrogen-bond donors (Lipinski definition) is 0. The highest BCUT2D eigenvalue weighted by Crippen LogP contribution is 2.34. The van der Waals surface area contributed by atoms with Gasteiger partial charge in [0.15, 0.2) is 5.15 Å². The third-order valence-corrected chi connectivity index (χ3v) is 4.03. The summed E-state index contributed by atoms with van der Waals surface area (Å²) in [6.07, 6.45) is -4.20. The fraction of sp³-hybridized carbons (Fsp3) is 0.455. The summed E-state index contributed by atoms with van der Waals surface area (Å²) in [5, 5.41) is 0.347. The largest absolute Gasteiger partial charge is 0.433 e. The number of amides is 1. The maximum atomic E-state index is 12.5. The Balaban J connectivity index is 2.30. The SMILES string of the molecule is O=C1CC(CBr)CN1c1ccc(C(F)(F)F)nc1Cl. The molecule has 1 atom stereocenters. The van der Waals surface area contributed by atoms with Crippen LogP contribution < -0.4 is 4.90 Å². The van der Waals surface area contributed by atoms with Crippen LogP contribution in [0.25, 0.3) is 0 Å². The van der Waals surface area contributed by atoms with Crippen molar-refractivity contribution in [2.75, 3.05) is 16.8 Å². The molecule has 0 saturated carbocycles. The van der Waals surface area contributed by atoms with Crippen molar-refractivity contribution in [3.05, 3.63) is 23.0 Å². The number of aromatic nitrogens is 1. The summed E-state index contributed by atoms with van der Waals surface area (Å²) in [7, 11) is 0. The molecule has 1 amide bonds. The second kappa shape index (κ2) is 5.28. The van der Waals surface area contributed by atoms with Gasteiger partial charge < -0.3 is 4.90 Å².